The summed E-state index contributed by atoms with van der Waals surface area (Å²) in [5.41, 5.74) is 3.57. The van der Waals surface area contributed by atoms with Crippen LogP contribution in [0.5, 0.6) is 0 Å². The van der Waals surface area contributed by atoms with Gasteiger partial charge in [-0.15, -0.1) is 0 Å². The molecule has 4 aromatic rings. The minimum Gasteiger partial charge on any atom is -0.423 e. The minimum absolute atomic E-state index is 0.206. The summed E-state index contributed by atoms with van der Waals surface area (Å²) in [6, 6.07) is 13.2. The summed E-state index contributed by atoms with van der Waals surface area (Å²) in [5.74, 6) is 0.764. The molecule has 5 rings (SSSR count). The van der Waals surface area contributed by atoms with Crippen molar-refractivity contribution in [1.29, 1.82) is 0 Å². The Kier molecular flexibility index (Phi) is 5.07. The largest absolute Gasteiger partial charge is 0.423 e. The fourth-order valence-corrected chi connectivity index (χ4v) is 4.86. The van der Waals surface area contributed by atoms with Gasteiger partial charge < -0.3 is 9.73 Å². The maximum atomic E-state index is 13.8. The summed E-state index contributed by atoms with van der Waals surface area (Å²) in [4.78, 5) is 8.90. The first-order valence-electron chi connectivity index (χ1n) is 10.4. The number of nitrogens with one attached hydrogen (secondary N) is 1. The molecule has 2 aromatic heterocycles. The van der Waals surface area contributed by atoms with Gasteiger partial charge in [0, 0.05) is 28.7 Å². The van der Waals surface area contributed by atoms with Crippen LogP contribution < -0.4 is 5.32 Å². The molecule has 0 radical (unpaired) electrons. The highest BCUT2D eigenvalue weighted by atomic mass is 35.5. The van der Waals surface area contributed by atoms with Gasteiger partial charge in [0.1, 0.15) is 11.3 Å². The van der Waals surface area contributed by atoms with Crippen LogP contribution in [-0.2, 0) is 0 Å². The van der Waals surface area contributed by atoms with Crippen molar-refractivity contribution < 1.29 is 8.81 Å². The molecule has 4 nitrogen and oxygen atoms in total. The van der Waals surface area contributed by atoms with Crippen molar-refractivity contribution in [2.75, 3.05) is 5.32 Å². The van der Waals surface area contributed by atoms with Gasteiger partial charge >= 0.3 is 0 Å². The maximum absolute atomic E-state index is 13.8. The van der Waals surface area contributed by atoms with Crippen LogP contribution in [0, 0.1) is 11.7 Å². The van der Waals surface area contributed by atoms with Gasteiger partial charge in [0.25, 0.3) is 6.01 Å². The highest BCUT2D eigenvalue weighted by Crippen LogP contribution is 2.40. The van der Waals surface area contributed by atoms with Gasteiger partial charge in [-0.3, -0.25) is 4.98 Å². The van der Waals surface area contributed by atoms with Gasteiger partial charge in [0.15, 0.2) is 5.58 Å². The lowest BCUT2D eigenvalue weighted by molar-refractivity contribution is 0.299. The second kappa shape index (κ2) is 7.88. The molecule has 0 bridgehead atoms. The number of fused-ring (bicyclic) bond motifs is 2. The molecule has 154 valence electrons. The molecule has 1 aliphatic carbocycles. The Hall–Kier alpha value is -2.66. The van der Waals surface area contributed by atoms with Gasteiger partial charge in [0.2, 0.25) is 0 Å². The molecule has 30 heavy (non-hydrogen) atoms. The monoisotopic (exact) mass is 423 g/mol. The predicted octanol–water partition coefficient (Wildman–Crippen LogP) is 6.94. The normalized spacial score (nSPS) is 20.5. The Labute approximate surface area is 179 Å². The van der Waals surface area contributed by atoms with E-state index in [0.717, 1.165) is 42.1 Å². The van der Waals surface area contributed by atoms with Crippen molar-refractivity contribution in [1.82, 2.24) is 9.97 Å². The van der Waals surface area contributed by atoms with Crippen LogP contribution in [0.15, 0.2) is 53.1 Å². The molecule has 0 amide bonds. The van der Waals surface area contributed by atoms with E-state index in [1.54, 1.807) is 18.2 Å². The number of anilines is 1. The van der Waals surface area contributed by atoms with Crippen molar-refractivity contribution in [3.63, 3.8) is 0 Å². The number of oxazole rings is 1. The topological polar surface area (TPSA) is 51.0 Å². The third-order valence-corrected chi connectivity index (χ3v) is 6.59. The molecule has 0 spiro atoms. The Morgan fingerprint density at radius 1 is 1.07 bits per heavy atom. The lowest BCUT2D eigenvalue weighted by atomic mass is 9.75. The highest BCUT2D eigenvalue weighted by Gasteiger charge is 2.28. The number of hydrogen-bond donors (Lipinski definition) is 1. The number of pyridine rings is 1. The second-order valence-corrected chi connectivity index (χ2v) is 8.67. The predicted molar refractivity (Wildman–Crippen MR) is 119 cm³/mol. The van der Waals surface area contributed by atoms with E-state index in [1.165, 1.54) is 11.6 Å². The maximum Gasteiger partial charge on any atom is 0.295 e. The van der Waals surface area contributed by atoms with E-state index < -0.39 is 0 Å². The standard InChI is InChI=1S/C24H23ClFN3O/c1-14(28-24-29-22-8-6-17(25)12-23(22)30-24)15-2-4-16(5-3-15)19-10-11-27-21-9-7-18(26)13-20(19)21/h6-16H,2-5H2,1H3,(H,28,29)/t14?,15-,16+. The first-order valence-corrected chi connectivity index (χ1v) is 10.8. The molecule has 1 atom stereocenters. The zero-order valence-corrected chi connectivity index (χ0v) is 17.5. The van der Waals surface area contributed by atoms with Crippen LogP contribution in [0.25, 0.3) is 22.0 Å². The number of aromatic nitrogens is 2. The van der Waals surface area contributed by atoms with E-state index in [4.69, 9.17) is 16.0 Å². The first-order chi connectivity index (χ1) is 14.6. The fourth-order valence-electron chi connectivity index (χ4n) is 4.70. The van der Waals surface area contributed by atoms with E-state index >= 15 is 0 Å². The summed E-state index contributed by atoms with van der Waals surface area (Å²) in [6.45, 7) is 2.18. The molecule has 0 aliphatic heterocycles. The van der Waals surface area contributed by atoms with Crippen molar-refractivity contribution in [2.45, 2.75) is 44.6 Å². The molecule has 1 saturated carbocycles. The van der Waals surface area contributed by atoms with Crippen LogP contribution in [0.3, 0.4) is 0 Å². The summed E-state index contributed by atoms with van der Waals surface area (Å²) in [5, 5.41) is 5.01. The minimum atomic E-state index is -0.206. The molecule has 1 aliphatic rings. The quantitative estimate of drug-likeness (QED) is 0.386. The summed E-state index contributed by atoms with van der Waals surface area (Å²) >= 11 is 6.03. The Morgan fingerprint density at radius 2 is 1.87 bits per heavy atom. The lowest BCUT2D eigenvalue weighted by Crippen LogP contribution is -2.29. The smallest absolute Gasteiger partial charge is 0.295 e. The first kappa shape index (κ1) is 19.3. The van der Waals surface area contributed by atoms with E-state index in [9.17, 15) is 4.39 Å². The SMILES string of the molecule is CC(Nc1nc2ccc(Cl)cc2o1)[C@H]1CC[C@@H](c2ccnc3ccc(F)cc32)CC1. The van der Waals surface area contributed by atoms with Crippen molar-refractivity contribution in [3.8, 4) is 0 Å². The Morgan fingerprint density at radius 3 is 2.70 bits per heavy atom. The van der Waals surface area contributed by atoms with E-state index in [0.29, 0.717) is 28.5 Å². The lowest BCUT2D eigenvalue weighted by Gasteiger charge is -2.33. The molecule has 1 unspecified atom stereocenters. The number of halogens is 2. The van der Waals surface area contributed by atoms with Crippen molar-refractivity contribution in [2.24, 2.45) is 5.92 Å². The zero-order valence-electron chi connectivity index (χ0n) is 16.7. The summed E-state index contributed by atoms with van der Waals surface area (Å²) in [6.07, 6.45) is 6.20. The molecule has 1 fully saturated rings. The van der Waals surface area contributed by atoms with Crippen LogP contribution in [0.1, 0.15) is 44.1 Å². The number of benzene rings is 2. The van der Waals surface area contributed by atoms with E-state index in [1.807, 2.05) is 18.3 Å². The molecule has 1 N–H and O–H groups in total. The molecule has 2 aromatic carbocycles. The number of nitrogens with zero attached hydrogens (tertiary/aromatic N) is 2. The van der Waals surface area contributed by atoms with Crippen LogP contribution >= 0.6 is 11.6 Å². The van der Waals surface area contributed by atoms with E-state index in [-0.39, 0.29) is 11.9 Å². The highest BCUT2D eigenvalue weighted by molar-refractivity contribution is 6.31. The molecular formula is C24H23ClFN3O. The molecule has 2 heterocycles. The summed E-state index contributed by atoms with van der Waals surface area (Å²) < 4.78 is 19.6. The number of rotatable bonds is 4. The average molecular weight is 424 g/mol. The third kappa shape index (κ3) is 3.74. The molecule has 0 saturated heterocycles. The average Bonchev–Trinajstić information content (AvgIpc) is 3.14. The Balaban J connectivity index is 1.27. The molecule has 6 heteroatoms. The fraction of sp³-hybridized carbons (Fsp3) is 0.333. The zero-order chi connectivity index (χ0) is 20.7. The number of hydrogen-bond acceptors (Lipinski definition) is 4. The van der Waals surface area contributed by atoms with Gasteiger partial charge in [-0.2, -0.15) is 4.98 Å². The van der Waals surface area contributed by atoms with Crippen LogP contribution in [-0.4, -0.2) is 16.0 Å². The summed E-state index contributed by atoms with van der Waals surface area (Å²) in [7, 11) is 0. The van der Waals surface area contributed by atoms with Crippen LogP contribution in [0.2, 0.25) is 5.02 Å². The Bertz CT molecular complexity index is 1200. The van der Waals surface area contributed by atoms with Gasteiger partial charge in [0.05, 0.1) is 5.52 Å². The molecular weight excluding hydrogens is 401 g/mol. The van der Waals surface area contributed by atoms with Crippen LogP contribution in [0.4, 0.5) is 10.4 Å². The van der Waals surface area contributed by atoms with Crippen molar-refractivity contribution >= 4 is 39.6 Å². The van der Waals surface area contributed by atoms with Crippen molar-refractivity contribution in [3.05, 3.63) is 65.1 Å². The second-order valence-electron chi connectivity index (χ2n) is 8.24. The van der Waals surface area contributed by atoms with E-state index in [2.05, 4.69) is 28.3 Å². The van der Waals surface area contributed by atoms with Gasteiger partial charge in [-0.05, 0) is 86.4 Å². The van der Waals surface area contributed by atoms with Gasteiger partial charge in [-0.1, -0.05) is 11.6 Å². The third-order valence-electron chi connectivity index (χ3n) is 6.36. The van der Waals surface area contributed by atoms with Gasteiger partial charge in [-0.25, -0.2) is 4.39 Å².